The molecule has 1 aliphatic carbocycles. The normalized spacial score (nSPS) is 15.0. The lowest BCUT2D eigenvalue weighted by Gasteiger charge is -2.48. The summed E-state index contributed by atoms with van der Waals surface area (Å²) in [6.07, 6.45) is 0. The quantitative estimate of drug-likeness (QED) is 0.180. The van der Waals surface area contributed by atoms with E-state index in [0.717, 1.165) is 0 Å². The van der Waals surface area contributed by atoms with E-state index < -0.39 is 0 Å². The molecule has 0 fully saturated rings. The van der Waals surface area contributed by atoms with Gasteiger partial charge in [0.15, 0.2) is 0 Å². The van der Waals surface area contributed by atoms with Gasteiger partial charge in [0.2, 0.25) is 0 Å². The Labute approximate surface area is 264 Å². The lowest BCUT2D eigenvalue weighted by molar-refractivity contribution is 0.299. The molecule has 0 aliphatic heterocycles. The predicted octanol–water partition coefficient (Wildman–Crippen LogP) is 12.0. The molecule has 216 valence electrons. The van der Waals surface area contributed by atoms with E-state index in [1.54, 1.807) is 0 Å². The monoisotopic (exact) mass is 577 g/mol. The second kappa shape index (κ2) is 9.19. The molecule has 0 unspecified atom stereocenters. The molecule has 0 N–H and O–H groups in total. The maximum Gasteiger partial charge on any atom is 0.0541 e. The summed E-state index contributed by atoms with van der Waals surface area (Å²) in [5, 5.41) is 7.80. The highest BCUT2D eigenvalue weighted by Crippen LogP contribution is 2.55. The Hall–Kier alpha value is -5.14. The molecule has 0 radical (unpaired) electrons. The third kappa shape index (κ3) is 3.56. The van der Waals surface area contributed by atoms with Gasteiger partial charge in [-0.05, 0) is 102 Å². The molecule has 0 atom stereocenters. The van der Waals surface area contributed by atoms with Crippen molar-refractivity contribution >= 4 is 43.4 Å². The Kier molecular flexibility index (Phi) is 5.37. The first kappa shape index (κ1) is 26.3. The van der Waals surface area contributed by atoms with Crippen LogP contribution in [0.15, 0.2) is 140 Å². The van der Waals surface area contributed by atoms with Crippen LogP contribution >= 0.6 is 0 Å². The van der Waals surface area contributed by atoms with E-state index in [1.807, 2.05) is 0 Å². The number of nitrogens with zero attached hydrogens (tertiary/aromatic N) is 1. The minimum Gasteiger partial charge on any atom is -0.309 e. The van der Waals surface area contributed by atoms with Gasteiger partial charge in [-0.3, -0.25) is 0 Å². The average Bonchev–Trinajstić information content (AvgIpc) is 3.41. The SMILES string of the molecule is CC1(C)c2ccccc2-c2c(ccc3c2ccc2ccc(-c4ccc5c(c4)c4ccccc4n5-c4ccccc4)cc23)C1(C)C. The molecule has 0 amide bonds. The van der Waals surface area contributed by atoms with Gasteiger partial charge in [0.1, 0.15) is 0 Å². The molecule has 0 bridgehead atoms. The van der Waals surface area contributed by atoms with Crippen LogP contribution in [0.3, 0.4) is 0 Å². The van der Waals surface area contributed by atoms with Crippen molar-refractivity contribution in [2.24, 2.45) is 0 Å². The summed E-state index contributed by atoms with van der Waals surface area (Å²) >= 11 is 0. The molecule has 1 heterocycles. The van der Waals surface area contributed by atoms with E-state index in [-0.39, 0.29) is 10.8 Å². The van der Waals surface area contributed by atoms with E-state index in [2.05, 4.69) is 172 Å². The summed E-state index contributed by atoms with van der Waals surface area (Å²) in [6, 6.07) is 51.9. The lowest BCUT2D eigenvalue weighted by atomic mass is 9.55. The highest BCUT2D eigenvalue weighted by atomic mass is 15.0. The number of benzene rings is 7. The Balaban J connectivity index is 1.27. The predicted molar refractivity (Wildman–Crippen MR) is 193 cm³/mol. The van der Waals surface area contributed by atoms with Crippen molar-refractivity contribution in [1.82, 2.24) is 4.57 Å². The van der Waals surface area contributed by atoms with Gasteiger partial charge >= 0.3 is 0 Å². The van der Waals surface area contributed by atoms with Crippen LogP contribution in [0.5, 0.6) is 0 Å². The zero-order valence-electron chi connectivity index (χ0n) is 26.2. The van der Waals surface area contributed by atoms with Gasteiger partial charge in [0, 0.05) is 16.5 Å². The summed E-state index contributed by atoms with van der Waals surface area (Å²) in [5.41, 5.74) is 11.8. The lowest BCUT2D eigenvalue weighted by Crippen LogP contribution is -2.43. The van der Waals surface area contributed by atoms with E-state index in [9.17, 15) is 0 Å². The summed E-state index contributed by atoms with van der Waals surface area (Å²) < 4.78 is 2.38. The smallest absolute Gasteiger partial charge is 0.0541 e. The van der Waals surface area contributed by atoms with E-state index in [4.69, 9.17) is 0 Å². The van der Waals surface area contributed by atoms with Crippen molar-refractivity contribution in [3.8, 4) is 27.9 Å². The standard InChI is InChI=1S/C44H35N/c1-43(2)38-16-10-8-15-35(38)42-34-22-20-28-18-19-29(26-36(28)32(34)23-24-39(42)44(43,3)4)30-21-25-41-37(27-30)33-14-9-11-17-40(33)45(41)31-12-6-5-7-13-31/h5-27H,1-4H3. The zero-order chi connectivity index (χ0) is 30.5. The van der Waals surface area contributed by atoms with Gasteiger partial charge < -0.3 is 4.57 Å². The van der Waals surface area contributed by atoms with Crippen molar-refractivity contribution in [3.05, 3.63) is 151 Å². The third-order valence-electron chi connectivity index (χ3n) is 11.1. The van der Waals surface area contributed by atoms with Crippen LogP contribution in [0.2, 0.25) is 0 Å². The fourth-order valence-corrected chi connectivity index (χ4v) is 8.05. The first-order valence-corrected chi connectivity index (χ1v) is 16.0. The van der Waals surface area contributed by atoms with Gasteiger partial charge in [-0.25, -0.2) is 0 Å². The first-order valence-electron chi connectivity index (χ1n) is 16.0. The van der Waals surface area contributed by atoms with Crippen molar-refractivity contribution < 1.29 is 0 Å². The number of hydrogen-bond acceptors (Lipinski definition) is 0. The molecule has 0 spiro atoms. The van der Waals surface area contributed by atoms with E-state index in [0.29, 0.717) is 0 Å². The van der Waals surface area contributed by atoms with Crippen LogP contribution in [0.25, 0.3) is 71.3 Å². The average molecular weight is 578 g/mol. The molecular weight excluding hydrogens is 542 g/mol. The number of fused-ring (bicyclic) bond motifs is 10. The maximum atomic E-state index is 2.41. The molecule has 1 aromatic heterocycles. The molecule has 45 heavy (non-hydrogen) atoms. The van der Waals surface area contributed by atoms with Gasteiger partial charge in [-0.1, -0.05) is 131 Å². The maximum absolute atomic E-state index is 2.41. The van der Waals surface area contributed by atoms with E-state index in [1.165, 1.54) is 82.4 Å². The largest absolute Gasteiger partial charge is 0.309 e. The number of hydrogen-bond donors (Lipinski definition) is 0. The minimum absolute atomic E-state index is 0.00395. The molecule has 8 aromatic rings. The highest BCUT2D eigenvalue weighted by molar-refractivity contribution is 6.15. The minimum atomic E-state index is -0.00395. The Morgan fingerprint density at radius 3 is 1.89 bits per heavy atom. The van der Waals surface area contributed by atoms with Crippen LogP contribution in [-0.2, 0) is 10.8 Å². The van der Waals surface area contributed by atoms with Crippen molar-refractivity contribution in [3.63, 3.8) is 0 Å². The Morgan fingerprint density at radius 2 is 1.04 bits per heavy atom. The van der Waals surface area contributed by atoms with Crippen LogP contribution in [0.4, 0.5) is 0 Å². The topological polar surface area (TPSA) is 4.93 Å². The second-order valence-corrected chi connectivity index (χ2v) is 13.8. The van der Waals surface area contributed by atoms with E-state index >= 15 is 0 Å². The first-order chi connectivity index (χ1) is 21.8. The Morgan fingerprint density at radius 1 is 0.422 bits per heavy atom. The summed E-state index contributed by atoms with van der Waals surface area (Å²) in [6.45, 7) is 9.63. The summed E-state index contributed by atoms with van der Waals surface area (Å²) in [5.74, 6) is 0. The number of rotatable bonds is 2. The summed E-state index contributed by atoms with van der Waals surface area (Å²) in [7, 11) is 0. The van der Waals surface area contributed by atoms with Gasteiger partial charge in [-0.2, -0.15) is 0 Å². The van der Waals surface area contributed by atoms with Crippen molar-refractivity contribution in [1.29, 1.82) is 0 Å². The fourth-order valence-electron chi connectivity index (χ4n) is 8.05. The van der Waals surface area contributed by atoms with Crippen molar-refractivity contribution in [2.45, 2.75) is 38.5 Å². The molecule has 0 saturated heterocycles. The van der Waals surface area contributed by atoms with Crippen LogP contribution in [0.1, 0.15) is 38.8 Å². The number of aromatic nitrogens is 1. The van der Waals surface area contributed by atoms with Crippen LogP contribution < -0.4 is 0 Å². The second-order valence-electron chi connectivity index (χ2n) is 13.8. The molecule has 0 saturated carbocycles. The van der Waals surface area contributed by atoms with Crippen LogP contribution in [-0.4, -0.2) is 4.57 Å². The number of para-hydroxylation sites is 2. The van der Waals surface area contributed by atoms with Crippen molar-refractivity contribution in [2.75, 3.05) is 0 Å². The fraction of sp³-hybridized carbons (Fsp3) is 0.136. The third-order valence-corrected chi connectivity index (χ3v) is 11.1. The zero-order valence-corrected chi connectivity index (χ0v) is 26.2. The Bertz CT molecular complexity index is 2470. The van der Waals surface area contributed by atoms with Gasteiger partial charge in [-0.15, -0.1) is 0 Å². The molecule has 1 nitrogen and oxygen atoms in total. The molecule has 7 aromatic carbocycles. The molecule has 1 heteroatoms. The highest BCUT2D eigenvalue weighted by Gasteiger charge is 2.46. The van der Waals surface area contributed by atoms with Crippen LogP contribution in [0, 0.1) is 0 Å². The molecular formula is C44H35N. The van der Waals surface area contributed by atoms with Gasteiger partial charge in [0.25, 0.3) is 0 Å². The molecule has 1 aliphatic rings. The molecule has 9 rings (SSSR count). The van der Waals surface area contributed by atoms with Gasteiger partial charge in [0.05, 0.1) is 11.0 Å². The summed E-state index contributed by atoms with van der Waals surface area (Å²) in [4.78, 5) is 0.